The van der Waals surface area contributed by atoms with Crippen LogP contribution < -0.4 is 4.74 Å². The van der Waals surface area contributed by atoms with Crippen LogP contribution in [0.2, 0.25) is 0 Å². The summed E-state index contributed by atoms with van der Waals surface area (Å²) in [5, 5.41) is 0. The normalized spacial score (nSPS) is 17.1. The van der Waals surface area contributed by atoms with Gasteiger partial charge in [0.05, 0.1) is 23.9 Å². The monoisotopic (exact) mass is 264 g/mol. The summed E-state index contributed by atoms with van der Waals surface area (Å²) in [6, 6.07) is 14.6. The zero-order valence-corrected chi connectivity index (χ0v) is 11.4. The Morgan fingerprint density at radius 3 is 3.10 bits per heavy atom. The summed E-state index contributed by atoms with van der Waals surface area (Å²) >= 11 is 0. The smallest absolute Gasteiger partial charge is 0.123 e. The molecule has 0 fully saturated rings. The first-order valence-corrected chi connectivity index (χ1v) is 6.96. The number of fused-ring (bicyclic) bond motifs is 2. The van der Waals surface area contributed by atoms with Crippen LogP contribution >= 0.6 is 0 Å². The number of ether oxygens (including phenoxy) is 1. The van der Waals surface area contributed by atoms with Gasteiger partial charge in [-0.05, 0) is 30.7 Å². The molecule has 1 aliphatic rings. The van der Waals surface area contributed by atoms with Gasteiger partial charge in [0.1, 0.15) is 11.9 Å². The van der Waals surface area contributed by atoms with Crippen LogP contribution in [0.4, 0.5) is 0 Å². The summed E-state index contributed by atoms with van der Waals surface area (Å²) in [5.41, 5.74) is 4.82. The van der Waals surface area contributed by atoms with Crippen LogP contribution in [0.3, 0.4) is 0 Å². The number of hydrogen-bond acceptors (Lipinski definition) is 2. The Morgan fingerprint density at radius 2 is 2.15 bits per heavy atom. The molecule has 1 aromatic heterocycles. The first-order valence-electron chi connectivity index (χ1n) is 6.96. The topological polar surface area (TPSA) is 27.1 Å². The quantitative estimate of drug-likeness (QED) is 0.709. The zero-order valence-electron chi connectivity index (χ0n) is 11.4. The van der Waals surface area contributed by atoms with Crippen LogP contribution in [0.1, 0.15) is 11.1 Å². The first kappa shape index (κ1) is 11.5. The van der Waals surface area contributed by atoms with Gasteiger partial charge in [-0.25, -0.2) is 4.98 Å². The molecular weight excluding hydrogens is 248 g/mol. The van der Waals surface area contributed by atoms with Crippen molar-refractivity contribution in [3.8, 4) is 5.75 Å². The highest BCUT2D eigenvalue weighted by Gasteiger charge is 2.23. The number of para-hydroxylation sites is 2. The number of nitrogens with zero attached hydrogens (tertiary/aromatic N) is 2. The molecule has 0 radical (unpaired) electrons. The molecule has 0 saturated heterocycles. The molecule has 0 spiro atoms. The maximum atomic E-state index is 6.04. The molecule has 1 atom stereocenters. The van der Waals surface area contributed by atoms with Crippen LogP contribution in [0.25, 0.3) is 11.0 Å². The minimum atomic E-state index is 0.199. The fourth-order valence-corrected chi connectivity index (χ4v) is 2.93. The van der Waals surface area contributed by atoms with Gasteiger partial charge in [-0.1, -0.05) is 29.8 Å². The Kier molecular flexibility index (Phi) is 2.52. The number of hydrogen-bond donors (Lipinski definition) is 0. The standard InChI is InChI=1S/C17H16N2O/c1-12-6-7-17-13(8-12)9-14(20-17)10-19-11-18-15-4-2-3-5-16(15)19/h2-8,11,14H,9-10H2,1H3. The Morgan fingerprint density at radius 1 is 1.25 bits per heavy atom. The van der Waals surface area contributed by atoms with Gasteiger partial charge in [-0.15, -0.1) is 0 Å². The van der Waals surface area contributed by atoms with Gasteiger partial charge >= 0.3 is 0 Å². The van der Waals surface area contributed by atoms with E-state index in [2.05, 4.69) is 40.7 Å². The van der Waals surface area contributed by atoms with Crippen molar-refractivity contribution in [3.63, 3.8) is 0 Å². The minimum Gasteiger partial charge on any atom is -0.488 e. The first-order chi connectivity index (χ1) is 9.79. The van der Waals surface area contributed by atoms with Crippen LogP contribution in [-0.4, -0.2) is 15.7 Å². The van der Waals surface area contributed by atoms with Crippen LogP contribution in [0, 0.1) is 6.92 Å². The van der Waals surface area contributed by atoms with E-state index in [1.165, 1.54) is 16.6 Å². The number of aryl methyl sites for hydroxylation is 1. The molecule has 0 saturated carbocycles. The molecule has 0 amide bonds. The fraction of sp³-hybridized carbons (Fsp3) is 0.235. The van der Waals surface area contributed by atoms with E-state index >= 15 is 0 Å². The van der Waals surface area contributed by atoms with E-state index in [4.69, 9.17) is 4.74 Å². The van der Waals surface area contributed by atoms with Gasteiger partial charge in [-0.2, -0.15) is 0 Å². The summed E-state index contributed by atoms with van der Waals surface area (Å²) in [7, 11) is 0. The third-order valence-corrected chi connectivity index (χ3v) is 3.88. The summed E-state index contributed by atoms with van der Waals surface area (Å²) in [5.74, 6) is 1.03. The van der Waals surface area contributed by atoms with E-state index in [0.29, 0.717) is 0 Å². The second kappa shape index (κ2) is 4.37. The highest BCUT2D eigenvalue weighted by atomic mass is 16.5. The molecule has 0 aliphatic carbocycles. The van der Waals surface area contributed by atoms with Crippen molar-refractivity contribution in [2.45, 2.75) is 26.0 Å². The summed E-state index contributed by atoms with van der Waals surface area (Å²) in [4.78, 5) is 4.43. The molecule has 100 valence electrons. The van der Waals surface area contributed by atoms with E-state index in [0.717, 1.165) is 24.2 Å². The van der Waals surface area contributed by atoms with E-state index < -0.39 is 0 Å². The Labute approximate surface area is 117 Å². The van der Waals surface area contributed by atoms with Crippen molar-refractivity contribution in [1.82, 2.24) is 9.55 Å². The summed E-state index contributed by atoms with van der Waals surface area (Å²) in [6.07, 6.45) is 3.08. The molecule has 2 aromatic carbocycles. The SMILES string of the molecule is Cc1ccc2c(c1)CC(Cn1cnc3ccccc31)O2. The summed E-state index contributed by atoms with van der Waals surface area (Å²) < 4.78 is 8.21. The molecule has 2 heterocycles. The maximum Gasteiger partial charge on any atom is 0.123 e. The van der Waals surface area contributed by atoms with E-state index in [1.54, 1.807) is 0 Å². The lowest BCUT2D eigenvalue weighted by molar-refractivity contribution is 0.211. The van der Waals surface area contributed by atoms with Gasteiger partial charge in [-0.3, -0.25) is 0 Å². The lowest BCUT2D eigenvalue weighted by atomic mass is 10.1. The van der Waals surface area contributed by atoms with Crippen molar-refractivity contribution in [2.24, 2.45) is 0 Å². The maximum absolute atomic E-state index is 6.04. The molecule has 1 unspecified atom stereocenters. The highest BCUT2D eigenvalue weighted by molar-refractivity contribution is 5.74. The van der Waals surface area contributed by atoms with Gasteiger partial charge in [0, 0.05) is 6.42 Å². The highest BCUT2D eigenvalue weighted by Crippen LogP contribution is 2.30. The van der Waals surface area contributed by atoms with Crippen molar-refractivity contribution in [2.75, 3.05) is 0 Å². The van der Waals surface area contributed by atoms with Gasteiger partial charge in [0.15, 0.2) is 0 Å². The molecule has 3 heteroatoms. The van der Waals surface area contributed by atoms with Crippen LogP contribution in [0.15, 0.2) is 48.8 Å². The van der Waals surface area contributed by atoms with Crippen LogP contribution in [0.5, 0.6) is 5.75 Å². The van der Waals surface area contributed by atoms with E-state index in [9.17, 15) is 0 Å². The molecule has 20 heavy (non-hydrogen) atoms. The number of imidazole rings is 1. The minimum absolute atomic E-state index is 0.199. The molecule has 4 rings (SSSR count). The van der Waals surface area contributed by atoms with Crippen molar-refractivity contribution in [1.29, 1.82) is 0 Å². The lowest BCUT2D eigenvalue weighted by Crippen LogP contribution is -2.20. The predicted molar refractivity (Wildman–Crippen MR) is 79.0 cm³/mol. The Bertz CT molecular complexity index is 776. The van der Waals surface area contributed by atoms with Gasteiger partial charge < -0.3 is 9.30 Å². The van der Waals surface area contributed by atoms with E-state index in [1.807, 2.05) is 24.5 Å². The zero-order chi connectivity index (χ0) is 13.5. The van der Waals surface area contributed by atoms with E-state index in [-0.39, 0.29) is 6.10 Å². The van der Waals surface area contributed by atoms with Crippen molar-refractivity contribution < 1.29 is 4.74 Å². The molecule has 0 N–H and O–H groups in total. The van der Waals surface area contributed by atoms with Gasteiger partial charge in [0.25, 0.3) is 0 Å². The average molecular weight is 264 g/mol. The third kappa shape index (κ3) is 1.86. The fourth-order valence-electron chi connectivity index (χ4n) is 2.93. The van der Waals surface area contributed by atoms with Crippen LogP contribution in [-0.2, 0) is 13.0 Å². The van der Waals surface area contributed by atoms with Crippen molar-refractivity contribution in [3.05, 3.63) is 59.9 Å². The number of aromatic nitrogens is 2. The summed E-state index contributed by atoms with van der Waals surface area (Å²) in [6.45, 7) is 2.96. The Balaban J connectivity index is 1.59. The van der Waals surface area contributed by atoms with Gasteiger partial charge in [0.2, 0.25) is 0 Å². The largest absolute Gasteiger partial charge is 0.488 e. The number of rotatable bonds is 2. The lowest BCUT2D eigenvalue weighted by Gasteiger charge is -2.12. The molecule has 3 aromatic rings. The second-order valence-electron chi connectivity index (χ2n) is 5.44. The predicted octanol–water partition coefficient (Wildman–Crippen LogP) is 3.35. The third-order valence-electron chi connectivity index (χ3n) is 3.88. The number of benzene rings is 2. The van der Waals surface area contributed by atoms with Crippen molar-refractivity contribution >= 4 is 11.0 Å². The molecule has 0 bridgehead atoms. The second-order valence-corrected chi connectivity index (χ2v) is 5.44. The molecule has 1 aliphatic heterocycles. The Hall–Kier alpha value is -2.29. The molecular formula is C17H16N2O. The molecule has 3 nitrogen and oxygen atoms in total. The average Bonchev–Trinajstić information content (AvgIpc) is 3.03.